The second kappa shape index (κ2) is 7.33. The lowest BCUT2D eigenvalue weighted by Gasteiger charge is -2.38. The van der Waals surface area contributed by atoms with E-state index in [1.165, 1.54) is 0 Å². The van der Waals surface area contributed by atoms with Gasteiger partial charge in [0.25, 0.3) is 0 Å². The van der Waals surface area contributed by atoms with Crippen LogP contribution >= 0.6 is 0 Å². The molecule has 0 aromatic carbocycles. The van der Waals surface area contributed by atoms with Gasteiger partial charge in [-0.2, -0.15) is 0 Å². The Balaban J connectivity index is 2.56. The largest absolute Gasteiger partial charge is 0.481 e. The number of aliphatic carboxylic acids is 1. The lowest BCUT2D eigenvalue weighted by Crippen LogP contribution is -2.52. The smallest absolute Gasteiger partial charge is 0.320 e. The molecule has 0 aromatic heterocycles. The molecule has 110 valence electrons. The van der Waals surface area contributed by atoms with E-state index in [4.69, 9.17) is 5.11 Å². The topological polar surface area (TPSA) is 64.1 Å². The predicted molar refractivity (Wildman–Crippen MR) is 73.2 cm³/mol. The van der Waals surface area contributed by atoms with Crippen molar-refractivity contribution in [3.8, 4) is 0 Å². The standard InChI is InChI=1S/C13H25N3O3/c1-4-15(9-7-12(17)18)13(19)16-8-5-6-11(10-16)14(2)3/h11H,4-10H2,1-3H3,(H,17,18). The second-order valence-electron chi connectivity index (χ2n) is 5.21. The summed E-state index contributed by atoms with van der Waals surface area (Å²) in [4.78, 5) is 28.6. The molecule has 1 aliphatic heterocycles. The summed E-state index contributed by atoms with van der Waals surface area (Å²) in [5.41, 5.74) is 0. The average molecular weight is 271 g/mol. The van der Waals surface area contributed by atoms with Crippen LogP contribution in [0.5, 0.6) is 0 Å². The fraction of sp³-hybridized carbons (Fsp3) is 0.846. The number of piperidine rings is 1. The number of likely N-dealkylation sites (tertiary alicyclic amines) is 1. The third-order valence-electron chi connectivity index (χ3n) is 3.65. The molecular formula is C13H25N3O3. The monoisotopic (exact) mass is 271 g/mol. The van der Waals surface area contributed by atoms with Crippen LogP contribution in [0.25, 0.3) is 0 Å². The van der Waals surface area contributed by atoms with E-state index in [9.17, 15) is 9.59 Å². The van der Waals surface area contributed by atoms with Gasteiger partial charge in [0.1, 0.15) is 0 Å². The highest BCUT2D eigenvalue weighted by molar-refractivity contribution is 5.75. The van der Waals surface area contributed by atoms with E-state index in [1.807, 2.05) is 25.9 Å². The van der Waals surface area contributed by atoms with Crippen molar-refractivity contribution in [1.82, 2.24) is 14.7 Å². The highest BCUT2D eigenvalue weighted by Gasteiger charge is 2.27. The molecule has 6 nitrogen and oxygen atoms in total. The molecule has 1 N–H and O–H groups in total. The third-order valence-corrected chi connectivity index (χ3v) is 3.65. The Bertz CT molecular complexity index is 320. The first-order valence-corrected chi connectivity index (χ1v) is 6.87. The van der Waals surface area contributed by atoms with Crippen molar-refractivity contribution in [1.29, 1.82) is 0 Å². The number of hydrogen-bond acceptors (Lipinski definition) is 3. The number of rotatable bonds is 5. The minimum absolute atomic E-state index is 0.00449. The highest BCUT2D eigenvalue weighted by atomic mass is 16.4. The molecule has 1 rings (SSSR count). The van der Waals surface area contributed by atoms with Crippen molar-refractivity contribution in [3.05, 3.63) is 0 Å². The predicted octanol–water partition coefficient (Wildman–Crippen LogP) is 0.929. The first-order valence-electron chi connectivity index (χ1n) is 6.87. The van der Waals surface area contributed by atoms with E-state index in [2.05, 4.69) is 4.90 Å². The molecule has 6 heteroatoms. The van der Waals surface area contributed by atoms with Crippen LogP contribution < -0.4 is 0 Å². The van der Waals surface area contributed by atoms with Crippen LogP contribution in [0.4, 0.5) is 4.79 Å². The third kappa shape index (κ3) is 4.70. The maximum atomic E-state index is 12.4. The first-order chi connectivity index (χ1) is 8.95. The number of carboxylic acids is 1. The number of carboxylic acid groups (broad SMARTS) is 1. The molecule has 0 aliphatic carbocycles. The molecule has 19 heavy (non-hydrogen) atoms. The molecule has 1 heterocycles. The Morgan fingerprint density at radius 1 is 1.37 bits per heavy atom. The van der Waals surface area contributed by atoms with Gasteiger partial charge >= 0.3 is 12.0 Å². The van der Waals surface area contributed by atoms with Gasteiger partial charge in [0.15, 0.2) is 0 Å². The molecule has 0 bridgehead atoms. The van der Waals surface area contributed by atoms with Gasteiger partial charge in [0, 0.05) is 32.2 Å². The average Bonchev–Trinajstić information content (AvgIpc) is 2.39. The zero-order valence-corrected chi connectivity index (χ0v) is 12.1. The molecule has 2 amide bonds. The Kier molecular flexibility index (Phi) is 6.08. The van der Waals surface area contributed by atoms with Crippen molar-refractivity contribution >= 4 is 12.0 Å². The van der Waals surface area contributed by atoms with Crippen molar-refractivity contribution in [2.24, 2.45) is 0 Å². The van der Waals surface area contributed by atoms with Gasteiger partial charge in [0.2, 0.25) is 0 Å². The normalized spacial score (nSPS) is 19.6. The maximum absolute atomic E-state index is 12.4. The second-order valence-corrected chi connectivity index (χ2v) is 5.21. The Morgan fingerprint density at radius 3 is 2.58 bits per heavy atom. The fourth-order valence-electron chi connectivity index (χ4n) is 2.37. The molecule has 0 spiro atoms. The van der Waals surface area contributed by atoms with Gasteiger partial charge in [-0.15, -0.1) is 0 Å². The van der Waals surface area contributed by atoms with E-state index in [-0.39, 0.29) is 19.0 Å². The number of carbonyl (C=O) groups is 2. The van der Waals surface area contributed by atoms with E-state index < -0.39 is 5.97 Å². The summed E-state index contributed by atoms with van der Waals surface area (Å²) < 4.78 is 0. The number of likely N-dealkylation sites (N-methyl/N-ethyl adjacent to an activating group) is 1. The van der Waals surface area contributed by atoms with Crippen LogP contribution in [0.2, 0.25) is 0 Å². The summed E-state index contributed by atoms with van der Waals surface area (Å²) in [5.74, 6) is -0.865. The fourth-order valence-corrected chi connectivity index (χ4v) is 2.37. The van der Waals surface area contributed by atoms with Crippen molar-refractivity contribution in [3.63, 3.8) is 0 Å². The summed E-state index contributed by atoms with van der Waals surface area (Å²) in [5, 5.41) is 8.71. The van der Waals surface area contributed by atoms with Crippen LogP contribution in [0, 0.1) is 0 Å². The first kappa shape index (κ1) is 15.8. The molecule has 1 unspecified atom stereocenters. The molecule has 1 aliphatic rings. The van der Waals surface area contributed by atoms with Crippen molar-refractivity contribution in [2.75, 3.05) is 40.3 Å². The van der Waals surface area contributed by atoms with Crippen LogP contribution in [0.1, 0.15) is 26.2 Å². The quantitative estimate of drug-likeness (QED) is 0.808. The van der Waals surface area contributed by atoms with Crippen LogP contribution in [0.3, 0.4) is 0 Å². The van der Waals surface area contributed by atoms with Gasteiger partial charge in [-0.25, -0.2) is 4.79 Å². The number of hydrogen-bond donors (Lipinski definition) is 1. The molecule has 0 radical (unpaired) electrons. The minimum Gasteiger partial charge on any atom is -0.481 e. The van der Waals surface area contributed by atoms with Crippen molar-refractivity contribution in [2.45, 2.75) is 32.2 Å². The van der Waals surface area contributed by atoms with Gasteiger partial charge in [-0.05, 0) is 33.9 Å². The molecule has 1 atom stereocenters. The van der Waals surface area contributed by atoms with E-state index in [1.54, 1.807) is 4.90 Å². The van der Waals surface area contributed by atoms with Crippen LogP contribution in [-0.4, -0.2) is 78.1 Å². The number of amides is 2. The minimum atomic E-state index is -0.865. The molecule has 0 saturated carbocycles. The summed E-state index contributed by atoms with van der Waals surface area (Å²) in [6.45, 7) is 4.22. The SMILES string of the molecule is CCN(CCC(=O)O)C(=O)N1CCCC(N(C)C)C1. The molecule has 1 saturated heterocycles. The van der Waals surface area contributed by atoms with E-state index in [0.717, 1.165) is 25.9 Å². The molecule has 0 aromatic rings. The summed E-state index contributed by atoms with van der Waals surface area (Å²) in [7, 11) is 4.06. The Hall–Kier alpha value is -1.30. The van der Waals surface area contributed by atoms with Gasteiger partial charge in [-0.3, -0.25) is 4.79 Å². The molecular weight excluding hydrogens is 246 g/mol. The van der Waals surface area contributed by atoms with Gasteiger partial charge in [-0.1, -0.05) is 0 Å². The lowest BCUT2D eigenvalue weighted by molar-refractivity contribution is -0.137. The van der Waals surface area contributed by atoms with Gasteiger partial charge < -0.3 is 19.8 Å². The lowest BCUT2D eigenvalue weighted by atomic mass is 10.1. The number of carbonyl (C=O) groups excluding carboxylic acids is 1. The number of urea groups is 1. The van der Waals surface area contributed by atoms with E-state index >= 15 is 0 Å². The summed E-state index contributed by atoms with van der Waals surface area (Å²) in [6.07, 6.45) is 2.12. The summed E-state index contributed by atoms with van der Waals surface area (Å²) in [6, 6.07) is 0.367. The highest BCUT2D eigenvalue weighted by Crippen LogP contribution is 2.15. The zero-order chi connectivity index (χ0) is 14.4. The Morgan fingerprint density at radius 2 is 2.05 bits per heavy atom. The zero-order valence-electron chi connectivity index (χ0n) is 12.1. The van der Waals surface area contributed by atoms with Gasteiger partial charge in [0.05, 0.1) is 6.42 Å². The summed E-state index contributed by atoms with van der Waals surface area (Å²) >= 11 is 0. The molecule has 1 fully saturated rings. The van der Waals surface area contributed by atoms with Crippen LogP contribution in [-0.2, 0) is 4.79 Å². The number of nitrogens with zero attached hydrogens (tertiary/aromatic N) is 3. The van der Waals surface area contributed by atoms with Crippen LogP contribution in [0.15, 0.2) is 0 Å². The Labute approximate surface area is 115 Å². The van der Waals surface area contributed by atoms with Crippen molar-refractivity contribution < 1.29 is 14.7 Å². The maximum Gasteiger partial charge on any atom is 0.320 e. The van der Waals surface area contributed by atoms with E-state index in [0.29, 0.717) is 12.6 Å².